The summed E-state index contributed by atoms with van der Waals surface area (Å²) >= 11 is 5.64. The summed E-state index contributed by atoms with van der Waals surface area (Å²) in [6, 6.07) is 0. The van der Waals surface area contributed by atoms with E-state index in [1.54, 1.807) is 0 Å². The summed E-state index contributed by atoms with van der Waals surface area (Å²) in [4.78, 5) is 13.6. The monoisotopic (exact) mass is 205 g/mol. The molecule has 0 saturated carbocycles. The van der Waals surface area contributed by atoms with Gasteiger partial charge in [0.05, 0.1) is 0 Å². The lowest BCUT2D eigenvalue weighted by Crippen LogP contribution is -2.38. The molecule has 0 aromatic rings. The van der Waals surface area contributed by atoms with Gasteiger partial charge in [0.1, 0.15) is 0 Å². The van der Waals surface area contributed by atoms with Crippen LogP contribution in [0.4, 0.5) is 0 Å². The third kappa shape index (κ3) is 4.51. The van der Waals surface area contributed by atoms with Gasteiger partial charge in [0.2, 0.25) is 5.91 Å². The van der Waals surface area contributed by atoms with Crippen molar-refractivity contribution in [2.24, 2.45) is 11.8 Å². The van der Waals surface area contributed by atoms with Crippen LogP contribution in [0.2, 0.25) is 0 Å². The van der Waals surface area contributed by atoms with Crippen molar-refractivity contribution < 1.29 is 4.79 Å². The van der Waals surface area contributed by atoms with Gasteiger partial charge < -0.3 is 4.90 Å². The van der Waals surface area contributed by atoms with Gasteiger partial charge in [-0.15, -0.1) is 11.6 Å². The van der Waals surface area contributed by atoms with E-state index in [1.165, 1.54) is 0 Å². The summed E-state index contributed by atoms with van der Waals surface area (Å²) in [5.74, 6) is 1.05. The van der Waals surface area contributed by atoms with E-state index >= 15 is 0 Å². The van der Waals surface area contributed by atoms with Crippen LogP contribution in [0.15, 0.2) is 0 Å². The van der Waals surface area contributed by atoms with E-state index in [-0.39, 0.29) is 11.8 Å². The quantitative estimate of drug-likeness (QED) is 0.632. The van der Waals surface area contributed by atoms with Gasteiger partial charge in [0.15, 0.2) is 0 Å². The van der Waals surface area contributed by atoms with Gasteiger partial charge in [-0.05, 0) is 12.8 Å². The van der Waals surface area contributed by atoms with Crippen LogP contribution in [0.3, 0.4) is 0 Å². The highest BCUT2D eigenvalue weighted by atomic mass is 35.5. The fourth-order valence-corrected chi connectivity index (χ4v) is 1.33. The molecule has 0 aromatic heterocycles. The van der Waals surface area contributed by atoms with Crippen LogP contribution in [-0.2, 0) is 4.79 Å². The van der Waals surface area contributed by atoms with Crippen LogP contribution in [-0.4, -0.2) is 29.8 Å². The highest BCUT2D eigenvalue weighted by Crippen LogP contribution is 2.07. The van der Waals surface area contributed by atoms with E-state index in [1.807, 2.05) is 18.7 Å². The molecule has 0 aliphatic carbocycles. The minimum absolute atomic E-state index is 0.0552. The molecule has 2 nitrogen and oxygen atoms in total. The summed E-state index contributed by atoms with van der Waals surface area (Å²) in [6.07, 6.45) is 0. The molecule has 0 bridgehead atoms. The maximum atomic E-state index is 11.7. The lowest BCUT2D eigenvalue weighted by molar-refractivity contribution is -0.134. The Morgan fingerprint density at radius 2 is 1.92 bits per heavy atom. The second kappa shape index (κ2) is 6.25. The molecule has 1 atom stereocenters. The average Bonchev–Trinajstić information content (AvgIpc) is 2.11. The maximum Gasteiger partial charge on any atom is 0.226 e. The molecule has 13 heavy (non-hydrogen) atoms. The van der Waals surface area contributed by atoms with Crippen molar-refractivity contribution in [3.05, 3.63) is 0 Å². The van der Waals surface area contributed by atoms with E-state index in [2.05, 4.69) is 13.8 Å². The first-order valence-corrected chi connectivity index (χ1v) is 5.41. The van der Waals surface area contributed by atoms with Gasteiger partial charge in [-0.25, -0.2) is 0 Å². The van der Waals surface area contributed by atoms with E-state index in [0.717, 1.165) is 13.1 Å². The molecule has 1 amide bonds. The van der Waals surface area contributed by atoms with E-state index in [0.29, 0.717) is 11.8 Å². The normalized spacial score (nSPS) is 13.1. The lowest BCUT2D eigenvalue weighted by Gasteiger charge is -2.25. The SMILES string of the molecule is CCN(CC(C)C)C(=O)C(C)CCl. The van der Waals surface area contributed by atoms with Crippen LogP contribution < -0.4 is 0 Å². The zero-order valence-electron chi connectivity index (χ0n) is 9.01. The van der Waals surface area contributed by atoms with Crippen molar-refractivity contribution in [2.75, 3.05) is 19.0 Å². The summed E-state index contributed by atoms with van der Waals surface area (Å²) in [6.45, 7) is 9.71. The number of carbonyl (C=O) groups excluding carboxylic acids is 1. The molecule has 78 valence electrons. The van der Waals surface area contributed by atoms with Crippen molar-refractivity contribution in [1.82, 2.24) is 4.90 Å². The largest absolute Gasteiger partial charge is 0.342 e. The molecule has 0 rings (SSSR count). The van der Waals surface area contributed by atoms with Crippen LogP contribution in [0.1, 0.15) is 27.7 Å². The number of hydrogen-bond acceptors (Lipinski definition) is 1. The molecule has 0 saturated heterocycles. The Balaban J connectivity index is 4.14. The second-order valence-corrected chi connectivity index (χ2v) is 4.13. The summed E-state index contributed by atoms with van der Waals surface area (Å²) < 4.78 is 0. The molecule has 0 heterocycles. The Bertz CT molecular complexity index is 159. The first-order valence-electron chi connectivity index (χ1n) is 4.87. The molecular formula is C10H20ClNO. The van der Waals surface area contributed by atoms with Crippen molar-refractivity contribution in [1.29, 1.82) is 0 Å². The molecule has 3 heteroatoms. The zero-order valence-corrected chi connectivity index (χ0v) is 9.77. The molecule has 0 fully saturated rings. The Labute approximate surface area is 86.2 Å². The minimum atomic E-state index is -0.0552. The standard InChI is InChI=1S/C10H20ClNO/c1-5-12(7-8(2)3)10(13)9(4)6-11/h8-9H,5-7H2,1-4H3. The summed E-state index contributed by atoms with van der Waals surface area (Å²) in [5.41, 5.74) is 0. The molecule has 0 aliphatic heterocycles. The first-order chi connectivity index (χ1) is 6.02. The molecule has 0 aliphatic rings. The number of rotatable bonds is 5. The molecule has 0 spiro atoms. The Morgan fingerprint density at radius 1 is 1.38 bits per heavy atom. The lowest BCUT2D eigenvalue weighted by atomic mass is 10.1. The van der Waals surface area contributed by atoms with Gasteiger partial charge >= 0.3 is 0 Å². The van der Waals surface area contributed by atoms with Gasteiger partial charge in [0, 0.05) is 24.9 Å². The smallest absolute Gasteiger partial charge is 0.226 e. The number of nitrogens with zero attached hydrogens (tertiary/aromatic N) is 1. The Kier molecular flexibility index (Phi) is 6.13. The average molecular weight is 206 g/mol. The van der Waals surface area contributed by atoms with Crippen molar-refractivity contribution >= 4 is 17.5 Å². The van der Waals surface area contributed by atoms with Crippen LogP contribution in [0, 0.1) is 11.8 Å². The van der Waals surface area contributed by atoms with Crippen molar-refractivity contribution in [3.63, 3.8) is 0 Å². The summed E-state index contributed by atoms with van der Waals surface area (Å²) in [5, 5.41) is 0. The molecule has 0 aromatic carbocycles. The van der Waals surface area contributed by atoms with Crippen molar-refractivity contribution in [3.8, 4) is 0 Å². The second-order valence-electron chi connectivity index (χ2n) is 3.83. The predicted molar refractivity (Wildman–Crippen MR) is 57.0 cm³/mol. The summed E-state index contributed by atoms with van der Waals surface area (Å²) in [7, 11) is 0. The third-order valence-corrected chi connectivity index (χ3v) is 2.39. The van der Waals surface area contributed by atoms with Gasteiger partial charge in [-0.2, -0.15) is 0 Å². The van der Waals surface area contributed by atoms with E-state index in [4.69, 9.17) is 11.6 Å². The topological polar surface area (TPSA) is 20.3 Å². The highest BCUT2D eigenvalue weighted by molar-refractivity contribution is 6.19. The van der Waals surface area contributed by atoms with Crippen LogP contribution in [0.25, 0.3) is 0 Å². The molecule has 0 N–H and O–H groups in total. The number of carbonyl (C=O) groups is 1. The van der Waals surface area contributed by atoms with Crippen LogP contribution in [0.5, 0.6) is 0 Å². The Hall–Kier alpha value is -0.240. The Morgan fingerprint density at radius 3 is 2.23 bits per heavy atom. The molecule has 0 radical (unpaired) electrons. The van der Waals surface area contributed by atoms with Gasteiger partial charge in [-0.1, -0.05) is 20.8 Å². The van der Waals surface area contributed by atoms with Crippen LogP contribution >= 0.6 is 11.6 Å². The molecule has 1 unspecified atom stereocenters. The van der Waals surface area contributed by atoms with Crippen molar-refractivity contribution in [2.45, 2.75) is 27.7 Å². The molecular weight excluding hydrogens is 186 g/mol. The zero-order chi connectivity index (χ0) is 10.4. The number of halogens is 1. The van der Waals surface area contributed by atoms with E-state index in [9.17, 15) is 4.79 Å². The highest BCUT2D eigenvalue weighted by Gasteiger charge is 2.18. The van der Waals surface area contributed by atoms with Gasteiger partial charge in [-0.3, -0.25) is 4.79 Å². The van der Waals surface area contributed by atoms with Gasteiger partial charge in [0.25, 0.3) is 0 Å². The predicted octanol–water partition coefficient (Wildman–Crippen LogP) is 2.37. The van der Waals surface area contributed by atoms with E-state index < -0.39 is 0 Å². The number of alkyl halides is 1. The minimum Gasteiger partial charge on any atom is -0.342 e. The maximum absolute atomic E-state index is 11.7. The number of amides is 1. The number of hydrogen-bond donors (Lipinski definition) is 0. The third-order valence-electron chi connectivity index (χ3n) is 1.93. The first kappa shape index (κ1) is 12.8. The fraction of sp³-hybridized carbons (Fsp3) is 0.900. The fourth-order valence-electron chi connectivity index (χ4n) is 1.19.